The smallest absolute Gasteiger partial charge is 0.000973 e. The van der Waals surface area contributed by atoms with Crippen LogP contribution in [0.4, 0.5) is 0 Å². The molecule has 1 heteroatoms. The highest BCUT2D eigenvalue weighted by atomic mass is 15.1. The van der Waals surface area contributed by atoms with E-state index < -0.39 is 0 Å². The maximum Gasteiger partial charge on any atom is 0.000973 e. The summed E-state index contributed by atoms with van der Waals surface area (Å²) in [4.78, 5) is 2.54. The van der Waals surface area contributed by atoms with Crippen molar-refractivity contribution in [3.8, 4) is 0 Å². The minimum absolute atomic E-state index is 1.01. The summed E-state index contributed by atoms with van der Waals surface area (Å²) in [5.74, 6) is 2.03. The van der Waals surface area contributed by atoms with Crippen LogP contribution in [0.15, 0.2) is 0 Å². The molecule has 1 rings (SSSR count). The number of likely N-dealkylation sites (tertiary alicyclic amines) is 1. The Morgan fingerprint density at radius 2 is 1.40 bits per heavy atom. The molecule has 120 valence electrons. The van der Waals surface area contributed by atoms with Crippen molar-refractivity contribution in [3.63, 3.8) is 0 Å². The zero-order valence-electron chi connectivity index (χ0n) is 14.5. The van der Waals surface area contributed by atoms with Gasteiger partial charge in [0.25, 0.3) is 0 Å². The lowest BCUT2D eigenvalue weighted by Gasteiger charge is -2.23. The lowest BCUT2D eigenvalue weighted by atomic mass is 9.83. The van der Waals surface area contributed by atoms with Gasteiger partial charge in [-0.25, -0.2) is 0 Å². The Kier molecular flexibility index (Phi) is 10.4. The van der Waals surface area contributed by atoms with Crippen LogP contribution in [0.1, 0.15) is 90.9 Å². The van der Waals surface area contributed by atoms with Gasteiger partial charge in [-0.05, 0) is 31.8 Å². The number of rotatable bonds is 12. The third-order valence-electron chi connectivity index (χ3n) is 5.20. The predicted molar refractivity (Wildman–Crippen MR) is 91.2 cm³/mol. The largest absolute Gasteiger partial charge is 0.306 e. The van der Waals surface area contributed by atoms with Crippen LogP contribution in [0.5, 0.6) is 0 Å². The second kappa shape index (κ2) is 11.6. The SMILES string of the molecule is CCCCCCCC(CCCCCC)C1CCN(C)C1. The van der Waals surface area contributed by atoms with E-state index in [1.807, 2.05) is 0 Å². The minimum Gasteiger partial charge on any atom is -0.306 e. The molecule has 0 radical (unpaired) electrons. The zero-order chi connectivity index (χ0) is 14.6. The first-order valence-electron chi connectivity index (χ1n) is 9.46. The highest BCUT2D eigenvalue weighted by Crippen LogP contribution is 2.31. The number of nitrogens with zero attached hydrogens (tertiary/aromatic N) is 1. The highest BCUT2D eigenvalue weighted by Gasteiger charge is 2.26. The lowest BCUT2D eigenvalue weighted by Crippen LogP contribution is -2.20. The van der Waals surface area contributed by atoms with Crippen LogP contribution in [-0.2, 0) is 0 Å². The molecular weight excluding hydrogens is 242 g/mol. The average molecular weight is 282 g/mol. The first-order chi connectivity index (χ1) is 9.77. The summed E-state index contributed by atoms with van der Waals surface area (Å²) in [5, 5.41) is 0. The van der Waals surface area contributed by atoms with Crippen molar-refractivity contribution in [2.24, 2.45) is 11.8 Å². The first-order valence-corrected chi connectivity index (χ1v) is 9.46. The van der Waals surface area contributed by atoms with E-state index in [-0.39, 0.29) is 0 Å². The van der Waals surface area contributed by atoms with E-state index in [1.165, 1.54) is 90.1 Å². The van der Waals surface area contributed by atoms with E-state index in [4.69, 9.17) is 0 Å². The second-order valence-corrected chi connectivity index (χ2v) is 7.12. The Morgan fingerprint density at radius 3 is 1.90 bits per heavy atom. The summed E-state index contributed by atoms with van der Waals surface area (Å²) in [5.41, 5.74) is 0. The van der Waals surface area contributed by atoms with Crippen molar-refractivity contribution in [2.45, 2.75) is 90.9 Å². The van der Waals surface area contributed by atoms with Gasteiger partial charge in [-0.3, -0.25) is 0 Å². The topological polar surface area (TPSA) is 3.24 Å². The van der Waals surface area contributed by atoms with Crippen molar-refractivity contribution in [1.29, 1.82) is 0 Å². The fourth-order valence-electron chi connectivity index (χ4n) is 3.81. The molecule has 1 nitrogen and oxygen atoms in total. The fraction of sp³-hybridized carbons (Fsp3) is 1.00. The quantitative estimate of drug-likeness (QED) is 0.403. The standard InChI is InChI=1S/C19H39N/c1-4-6-8-10-12-14-18(13-11-9-7-5-2)19-15-16-20(3)17-19/h18-19H,4-17H2,1-3H3. The molecule has 1 heterocycles. The molecule has 0 spiro atoms. The van der Waals surface area contributed by atoms with E-state index >= 15 is 0 Å². The van der Waals surface area contributed by atoms with Crippen LogP contribution < -0.4 is 0 Å². The van der Waals surface area contributed by atoms with Gasteiger partial charge in [0.1, 0.15) is 0 Å². The van der Waals surface area contributed by atoms with Crippen molar-refractivity contribution < 1.29 is 0 Å². The molecule has 0 aromatic heterocycles. The van der Waals surface area contributed by atoms with E-state index in [0.29, 0.717) is 0 Å². The van der Waals surface area contributed by atoms with Gasteiger partial charge in [0.15, 0.2) is 0 Å². The Bertz CT molecular complexity index is 214. The maximum atomic E-state index is 2.54. The predicted octanol–water partition coefficient (Wildman–Crippen LogP) is 5.89. The van der Waals surface area contributed by atoms with Gasteiger partial charge < -0.3 is 4.90 Å². The molecule has 1 fully saturated rings. The summed E-state index contributed by atoms with van der Waals surface area (Å²) < 4.78 is 0. The molecule has 0 amide bonds. The Balaban J connectivity index is 2.23. The molecule has 0 N–H and O–H groups in total. The van der Waals surface area contributed by atoms with Gasteiger partial charge in [0.05, 0.1) is 0 Å². The third-order valence-corrected chi connectivity index (χ3v) is 5.20. The normalized spacial score (nSPS) is 21.4. The molecule has 1 saturated heterocycles. The van der Waals surface area contributed by atoms with Crippen molar-refractivity contribution in [3.05, 3.63) is 0 Å². The van der Waals surface area contributed by atoms with Gasteiger partial charge in [-0.1, -0.05) is 84.5 Å². The van der Waals surface area contributed by atoms with Crippen LogP contribution in [0.3, 0.4) is 0 Å². The summed E-state index contributed by atoms with van der Waals surface area (Å²) in [7, 11) is 2.30. The van der Waals surface area contributed by atoms with E-state index in [0.717, 1.165) is 11.8 Å². The number of hydrogen-bond donors (Lipinski definition) is 0. The summed E-state index contributed by atoms with van der Waals surface area (Å²) in [6.07, 6.45) is 17.5. The molecule has 2 unspecified atom stereocenters. The third kappa shape index (κ3) is 7.67. The first kappa shape index (κ1) is 18.0. The van der Waals surface area contributed by atoms with Crippen LogP contribution in [0.25, 0.3) is 0 Å². The minimum atomic E-state index is 1.01. The van der Waals surface area contributed by atoms with E-state index in [2.05, 4.69) is 25.8 Å². The highest BCUT2D eigenvalue weighted by molar-refractivity contribution is 4.79. The van der Waals surface area contributed by atoms with Crippen LogP contribution in [0, 0.1) is 11.8 Å². The Hall–Kier alpha value is -0.0400. The van der Waals surface area contributed by atoms with Gasteiger partial charge in [0.2, 0.25) is 0 Å². The molecule has 0 aromatic rings. The Labute approximate surface area is 128 Å². The maximum absolute atomic E-state index is 2.54. The molecule has 1 aliphatic rings. The van der Waals surface area contributed by atoms with Crippen LogP contribution in [0.2, 0.25) is 0 Å². The van der Waals surface area contributed by atoms with Crippen molar-refractivity contribution in [1.82, 2.24) is 4.90 Å². The monoisotopic (exact) mass is 281 g/mol. The zero-order valence-corrected chi connectivity index (χ0v) is 14.5. The number of hydrogen-bond acceptors (Lipinski definition) is 1. The number of unbranched alkanes of at least 4 members (excludes halogenated alkanes) is 7. The molecular formula is C19H39N. The summed E-state index contributed by atoms with van der Waals surface area (Å²) >= 11 is 0. The fourth-order valence-corrected chi connectivity index (χ4v) is 3.81. The van der Waals surface area contributed by atoms with Crippen LogP contribution >= 0.6 is 0 Å². The van der Waals surface area contributed by atoms with Crippen molar-refractivity contribution >= 4 is 0 Å². The van der Waals surface area contributed by atoms with Gasteiger partial charge in [0, 0.05) is 6.54 Å². The second-order valence-electron chi connectivity index (χ2n) is 7.12. The van der Waals surface area contributed by atoms with Gasteiger partial charge >= 0.3 is 0 Å². The van der Waals surface area contributed by atoms with Gasteiger partial charge in [-0.2, -0.15) is 0 Å². The molecule has 1 aliphatic heterocycles. The molecule has 2 atom stereocenters. The van der Waals surface area contributed by atoms with Crippen molar-refractivity contribution in [2.75, 3.05) is 20.1 Å². The van der Waals surface area contributed by atoms with E-state index in [1.54, 1.807) is 0 Å². The molecule has 20 heavy (non-hydrogen) atoms. The van der Waals surface area contributed by atoms with Gasteiger partial charge in [-0.15, -0.1) is 0 Å². The van der Waals surface area contributed by atoms with Crippen LogP contribution in [-0.4, -0.2) is 25.0 Å². The average Bonchev–Trinajstić information content (AvgIpc) is 2.87. The van der Waals surface area contributed by atoms with E-state index in [9.17, 15) is 0 Å². The molecule has 0 bridgehead atoms. The molecule has 0 saturated carbocycles. The Morgan fingerprint density at radius 1 is 0.850 bits per heavy atom. The molecule has 0 aromatic carbocycles. The summed E-state index contributed by atoms with van der Waals surface area (Å²) in [6.45, 7) is 7.33. The molecule has 0 aliphatic carbocycles. The lowest BCUT2D eigenvalue weighted by molar-refractivity contribution is 0.273. The summed E-state index contributed by atoms with van der Waals surface area (Å²) in [6, 6.07) is 0.